The number of nitrogens with zero attached hydrogens (tertiary/aromatic N) is 4. The molecule has 8 aromatic rings. The average Bonchev–Trinajstić information content (AvgIpc) is 1.54. The lowest BCUT2D eigenvalue weighted by Gasteiger charge is -2.45. The number of rotatable bonds is 12. The van der Waals surface area contributed by atoms with Crippen LogP contribution in [0.3, 0.4) is 0 Å². The number of fused-ring (bicyclic) bond motifs is 6. The molecule has 466 valence electrons. The summed E-state index contributed by atoms with van der Waals surface area (Å²) in [5.41, 5.74) is 12.2. The Balaban J connectivity index is 0.000000173. The van der Waals surface area contributed by atoms with Crippen LogP contribution in [-0.2, 0) is 20.4 Å². The largest absolute Gasteiger partial charge is 0.508 e. The maximum Gasteiger partial charge on any atom is 0.327 e. The molecule has 2 heterocycles. The van der Waals surface area contributed by atoms with Crippen molar-refractivity contribution in [3.05, 3.63) is 277 Å². The normalized spacial score (nSPS) is 15.5. The second kappa shape index (κ2) is 29.4. The SMILES string of the molecule is C=CCN1C(=O)CC(C)(C)N(CC=C)C1=O.C=CCN1C(=O)N(CCC)C(=O)CC1(C)C.CC.CC.Oc1ccc(C2(c3ccc(O)cc3)c3ccccc3-c3ccccc32)cc1.Oc1ccc(C2(c3ccc(O)cc3)c3ccccc3-c3ccccc32)cc1. The van der Waals surface area contributed by atoms with Crippen molar-refractivity contribution in [3.63, 3.8) is 0 Å². The Hall–Kier alpha value is -9.94. The van der Waals surface area contributed by atoms with Gasteiger partial charge in [-0.15, -0.1) is 19.7 Å². The van der Waals surface area contributed by atoms with Gasteiger partial charge in [-0.3, -0.25) is 19.4 Å². The minimum atomic E-state index is -0.491. The molecule has 8 aromatic carbocycles. The Kier molecular flexibility index (Phi) is 22.1. The van der Waals surface area contributed by atoms with E-state index in [0.29, 0.717) is 32.5 Å². The summed E-state index contributed by atoms with van der Waals surface area (Å²) < 4.78 is 0. The lowest BCUT2D eigenvalue weighted by atomic mass is 9.68. The first-order valence-electron chi connectivity index (χ1n) is 30.9. The quantitative estimate of drug-likeness (QED) is 0.0879. The molecule has 0 aromatic heterocycles. The van der Waals surface area contributed by atoms with Crippen molar-refractivity contribution in [1.29, 1.82) is 0 Å². The molecule has 12 rings (SSSR count). The Morgan fingerprint density at radius 2 is 0.622 bits per heavy atom. The van der Waals surface area contributed by atoms with Gasteiger partial charge in [-0.2, -0.15) is 0 Å². The molecule has 2 aliphatic heterocycles. The first-order valence-corrected chi connectivity index (χ1v) is 30.9. The molecule has 0 bridgehead atoms. The van der Waals surface area contributed by atoms with E-state index in [1.165, 1.54) is 54.3 Å². The summed E-state index contributed by atoms with van der Waals surface area (Å²) >= 11 is 0. The zero-order valence-electron chi connectivity index (χ0n) is 53.5. The molecule has 2 aliphatic carbocycles. The van der Waals surface area contributed by atoms with Crippen molar-refractivity contribution in [2.75, 3.05) is 26.2 Å². The molecule has 0 radical (unpaired) electrons. The Labute approximate surface area is 532 Å². The first-order chi connectivity index (χ1) is 43.3. The lowest BCUT2D eigenvalue weighted by Crippen LogP contribution is -2.61. The number of benzene rings is 8. The minimum absolute atomic E-state index is 0.0721. The van der Waals surface area contributed by atoms with Gasteiger partial charge in [0.1, 0.15) is 23.0 Å². The van der Waals surface area contributed by atoms with Crippen LogP contribution in [0.25, 0.3) is 22.3 Å². The predicted octanol–water partition coefficient (Wildman–Crippen LogP) is 16.8. The van der Waals surface area contributed by atoms with E-state index in [-0.39, 0.29) is 53.4 Å². The van der Waals surface area contributed by atoms with Crippen molar-refractivity contribution in [3.8, 4) is 45.3 Å². The summed E-state index contributed by atoms with van der Waals surface area (Å²) in [6, 6.07) is 63.3. The number of hydrogen-bond acceptors (Lipinski definition) is 8. The Bertz CT molecular complexity index is 3440. The standard InChI is InChI=1S/2C25H18O2.C12H20N2O2.C12H18N2O2.2C2H6/c2*26-19-13-9-17(10-14-19)25(18-11-15-20(27)16-12-18)23-7-3-1-5-21(23)22-6-2-4-8-24(22)25;2*1-5-7-13-10(15)9-12(3,4)14(8-6-2)11(13)16;2*1-2/h2*1-16,26-27H;6H,2,5,7-9H2,1,3-4H3;5-6H,1-2,7-9H2,3-4H3;2*1-2H3. The second-order valence-electron chi connectivity index (χ2n) is 23.1. The fraction of sp³-hybridized carbons (Fsp3) is 0.256. The lowest BCUT2D eigenvalue weighted by molar-refractivity contribution is -0.135. The molecule has 12 heteroatoms. The van der Waals surface area contributed by atoms with E-state index in [2.05, 4.69) is 117 Å². The highest BCUT2D eigenvalue weighted by Crippen LogP contribution is 2.58. The van der Waals surface area contributed by atoms with Crippen LogP contribution < -0.4 is 0 Å². The number of phenolic OH excluding ortho intramolecular Hbond substituents is 4. The summed E-state index contributed by atoms with van der Waals surface area (Å²) in [4.78, 5) is 53.7. The topological polar surface area (TPSA) is 162 Å². The molecule has 6 amide bonds. The molecule has 2 fully saturated rings. The zero-order valence-corrected chi connectivity index (χ0v) is 53.5. The molecular weight excluding hydrogens is 1120 g/mol. The molecule has 4 N–H and O–H groups in total. The molecule has 2 saturated heterocycles. The van der Waals surface area contributed by atoms with Gasteiger partial charge in [-0.05, 0) is 149 Å². The van der Waals surface area contributed by atoms with Gasteiger partial charge in [0.15, 0.2) is 0 Å². The van der Waals surface area contributed by atoms with Crippen LogP contribution in [0.4, 0.5) is 9.59 Å². The van der Waals surface area contributed by atoms with Crippen LogP contribution in [0.5, 0.6) is 23.0 Å². The number of amides is 6. The Morgan fingerprint density at radius 1 is 0.378 bits per heavy atom. The number of imide groups is 2. The van der Waals surface area contributed by atoms with Crippen LogP contribution in [0.2, 0.25) is 0 Å². The maximum atomic E-state index is 12.1. The predicted molar refractivity (Wildman–Crippen MR) is 363 cm³/mol. The number of hydrogen-bond donors (Lipinski definition) is 4. The van der Waals surface area contributed by atoms with E-state index < -0.39 is 21.9 Å². The highest BCUT2D eigenvalue weighted by Gasteiger charge is 2.48. The van der Waals surface area contributed by atoms with Gasteiger partial charge in [0, 0.05) is 37.3 Å². The van der Waals surface area contributed by atoms with Gasteiger partial charge < -0.3 is 30.2 Å². The fourth-order valence-corrected chi connectivity index (χ4v) is 12.7. The highest BCUT2D eigenvalue weighted by atomic mass is 16.3. The van der Waals surface area contributed by atoms with Crippen molar-refractivity contribution < 1.29 is 39.6 Å². The molecule has 90 heavy (non-hydrogen) atoms. The third-order valence-corrected chi connectivity index (χ3v) is 16.6. The molecule has 0 atom stereocenters. The van der Waals surface area contributed by atoms with E-state index in [1.54, 1.807) is 76.6 Å². The second-order valence-corrected chi connectivity index (χ2v) is 23.1. The van der Waals surface area contributed by atoms with Crippen LogP contribution in [0.15, 0.2) is 232 Å². The summed E-state index contributed by atoms with van der Waals surface area (Å²) in [6.45, 7) is 30.1. The van der Waals surface area contributed by atoms with Gasteiger partial charge in [0.25, 0.3) is 0 Å². The molecule has 12 nitrogen and oxygen atoms in total. The number of urea groups is 2. The van der Waals surface area contributed by atoms with Crippen LogP contribution in [0, 0.1) is 0 Å². The number of carbonyl (C=O) groups excluding carboxylic acids is 4. The van der Waals surface area contributed by atoms with E-state index in [0.717, 1.165) is 28.7 Å². The minimum Gasteiger partial charge on any atom is -0.508 e. The number of aromatic hydroxyl groups is 4. The Morgan fingerprint density at radius 3 is 0.878 bits per heavy atom. The van der Waals surface area contributed by atoms with E-state index >= 15 is 0 Å². The molecule has 0 saturated carbocycles. The van der Waals surface area contributed by atoms with Crippen molar-refractivity contribution >= 4 is 23.9 Å². The van der Waals surface area contributed by atoms with Gasteiger partial charge >= 0.3 is 12.1 Å². The van der Waals surface area contributed by atoms with Gasteiger partial charge in [-0.25, -0.2) is 9.59 Å². The van der Waals surface area contributed by atoms with Gasteiger partial charge in [-0.1, -0.05) is 198 Å². The molecule has 0 unspecified atom stereocenters. The van der Waals surface area contributed by atoms with Gasteiger partial charge in [0.05, 0.1) is 23.7 Å². The van der Waals surface area contributed by atoms with E-state index in [1.807, 2.05) is 111 Å². The molecule has 4 aliphatic rings. The first kappa shape index (κ1) is 67.6. The number of carbonyl (C=O) groups is 4. The zero-order chi connectivity index (χ0) is 65.6. The van der Waals surface area contributed by atoms with Crippen molar-refractivity contribution in [2.24, 2.45) is 0 Å². The van der Waals surface area contributed by atoms with Crippen molar-refractivity contribution in [2.45, 2.75) is 103 Å². The van der Waals surface area contributed by atoms with Crippen molar-refractivity contribution in [1.82, 2.24) is 19.6 Å². The summed E-state index contributed by atoms with van der Waals surface area (Å²) in [7, 11) is 0. The fourth-order valence-electron chi connectivity index (χ4n) is 12.7. The molecule has 0 spiro atoms. The molecular formula is C78H86N4O8. The summed E-state index contributed by atoms with van der Waals surface area (Å²) in [5, 5.41) is 39.4. The summed E-state index contributed by atoms with van der Waals surface area (Å²) in [6.07, 6.45) is 6.42. The third kappa shape index (κ3) is 13.1. The van der Waals surface area contributed by atoms with Crippen LogP contribution in [-0.4, -0.2) is 101 Å². The van der Waals surface area contributed by atoms with Gasteiger partial charge in [0.2, 0.25) is 11.8 Å². The number of phenols is 4. The van der Waals surface area contributed by atoms with Crippen LogP contribution >= 0.6 is 0 Å². The van der Waals surface area contributed by atoms with E-state index in [9.17, 15) is 39.6 Å². The van der Waals surface area contributed by atoms with E-state index in [4.69, 9.17) is 0 Å². The highest BCUT2D eigenvalue weighted by molar-refractivity contribution is 5.99. The van der Waals surface area contributed by atoms with Crippen LogP contribution in [0.1, 0.15) is 126 Å². The monoisotopic (exact) mass is 1210 g/mol. The third-order valence-electron chi connectivity index (χ3n) is 16.6. The smallest absolute Gasteiger partial charge is 0.327 e. The summed E-state index contributed by atoms with van der Waals surface area (Å²) in [5.74, 6) is 0.782. The average molecular weight is 1210 g/mol. The maximum absolute atomic E-state index is 12.1.